The van der Waals surface area contributed by atoms with E-state index in [1.807, 2.05) is 0 Å². The Morgan fingerprint density at radius 3 is 2.19 bits per heavy atom. The molecule has 2 unspecified atom stereocenters. The SMILES string of the molecule is OC(CS)C(O)c1ccc(OC(F)F)cc1. The van der Waals surface area contributed by atoms with Crippen molar-refractivity contribution in [3.63, 3.8) is 0 Å². The van der Waals surface area contributed by atoms with E-state index in [-0.39, 0.29) is 11.5 Å². The smallest absolute Gasteiger partial charge is 0.387 e. The van der Waals surface area contributed by atoms with Crippen LogP contribution in [0, 0.1) is 0 Å². The lowest BCUT2D eigenvalue weighted by Crippen LogP contribution is -2.19. The molecular formula is C10H12F2O3S. The number of benzene rings is 1. The van der Waals surface area contributed by atoms with Gasteiger partial charge >= 0.3 is 6.61 Å². The Balaban J connectivity index is 2.70. The van der Waals surface area contributed by atoms with Gasteiger partial charge in [0.25, 0.3) is 0 Å². The van der Waals surface area contributed by atoms with E-state index >= 15 is 0 Å². The Bertz CT molecular complexity index is 318. The molecule has 3 nitrogen and oxygen atoms in total. The van der Waals surface area contributed by atoms with E-state index in [0.29, 0.717) is 5.56 Å². The van der Waals surface area contributed by atoms with E-state index in [2.05, 4.69) is 17.4 Å². The molecule has 0 aromatic heterocycles. The number of hydrogen-bond acceptors (Lipinski definition) is 4. The van der Waals surface area contributed by atoms with E-state index in [4.69, 9.17) is 0 Å². The third-order valence-corrected chi connectivity index (χ3v) is 2.37. The van der Waals surface area contributed by atoms with Gasteiger partial charge < -0.3 is 14.9 Å². The molecule has 6 heteroatoms. The highest BCUT2D eigenvalue weighted by Gasteiger charge is 2.16. The zero-order chi connectivity index (χ0) is 12.1. The van der Waals surface area contributed by atoms with Crippen LogP contribution < -0.4 is 4.74 Å². The predicted molar refractivity (Wildman–Crippen MR) is 57.9 cm³/mol. The van der Waals surface area contributed by atoms with Crippen LogP contribution in [0.2, 0.25) is 0 Å². The monoisotopic (exact) mass is 250 g/mol. The molecular weight excluding hydrogens is 238 g/mol. The molecule has 0 aliphatic heterocycles. The zero-order valence-corrected chi connectivity index (χ0v) is 9.15. The number of thiol groups is 1. The number of aliphatic hydroxyl groups excluding tert-OH is 2. The van der Waals surface area contributed by atoms with E-state index < -0.39 is 18.8 Å². The third kappa shape index (κ3) is 3.62. The van der Waals surface area contributed by atoms with Crippen molar-refractivity contribution in [1.29, 1.82) is 0 Å². The number of rotatable bonds is 5. The van der Waals surface area contributed by atoms with Crippen LogP contribution >= 0.6 is 12.6 Å². The Kier molecular flexibility index (Phi) is 4.98. The van der Waals surface area contributed by atoms with E-state index in [1.165, 1.54) is 24.3 Å². The van der Waals surface area contributed by atoms with Crippen LogP contribution in [0.15, 0.2) is 24.3 Å². The lowest BCUT2D eigenvalue weighted by molar-refractivity contribution is -0.0499. The lowest BCUT2D eigenvalue weighted by Gasteiger charge is -2.16. The normalized spacial score (nSPS) is 14.9. The lowest BCUT2D eigenvalue weighted by atomic mass is 10.1. The molecule has 0 saturated carbocycles. The second-order valence-corrected chi connectivity index (χ2v) is 3.51. The van der Waals surface area contributed by atoms with Gasteiger partial charge in [-0.15, -0.1) is 0 Å². The summed E-state index contributed by atoms with van der Waals surface area (Å²) >= 11 is 3.84. The van der Waals surface area contributed by atoms with Crippen LogP contribution in [-0.4, -0.2) is 28.7 Å². The van der Waals surface area contributed by atoms with Gasteiger partial charge in [-0.2, -0.15) is 21.4 Å². The molecule has 1 aromatic carbocycles. The van der Waals surface area contributed by atoms with E-state index in [1.54, 1.807) is 0 Å². The minimum absolute atomic E-state index is 0.00585. The summed E-state index contributed by atoms with van der Waals surface area (Å²) in [5.41, 5.74) is 0.420. The molecule has 0 amide bonds. The summed E-state index contributed by atoms with van der Waals surface area (Å²) in [6.45, 7) is -2.88. The van der Waals surface area contributed by atoms with Crippen molar-refractivity contribution in [2.75, 3.05) is 5.75 Å². The first-order chi connectivity index (χ1) is 7.54. The summed E-state index contributed by atoms with van der Waals surface area (Å²) < 4.78 is 27.8. The van der Waals surface area contributed by atoms with Gasteiger partial charge in [0.15, 0.2) is 0 Å². The quantitative estimate of drug-likeness (QED) is 0.696. The first kappa shape index (κ1) is 13.2. The number of hydrogen-bond donors (Lipinski definition) is 3. The molecule has 0 heterocycles. The molecule has 0 spiro atoms. The highest BCUT2D eigenvalue weighted by Crippen LogP contribution is 2.21. The Hall–Kier alpha value is -0.850. The molecule has 16 heavy (non-hydrogen) atoms. The minimum Gasteiger partial charge on any atom is -0.435 e. The van der Waals surface area contributed by atoms with E-state index in [9.17, 15) is 19.0 Å². The van der Waals surface area contributed by atoms with Gasteiger partial charge in [-0.1, -0.05) is 12.1 Å². The van der Waals surface area contributed by atoms with E-state index in [0.717, 1.165) is 0 Å². The van der Waals surface area contributed by atoms with Crippen molar-refractivity contribution in [2.24, 2.45) is 0 Å². The number of ether oxygens (including phenoxy) is 1. The largest absolute Gasteiger partial charge is 0.435 e. The molecule has 0 fully saturated rings. The van der Waals surface area contributed by atoms with Crippen molar-refractivity contribution in [3.05, 3.63) is 29.8 Å². The maximum absolute atomic E-state index is 11.8. The van der Waals surface area contributed by atoms with Gasteiger partial charge in [-0.05, 0) is 17.7 Å². The van der Waals surface area contributed by atoms with Crippen LogP contribution in [0.1, 0.15) is 11.7 Å². The van der Waals surface area contributed by atoms with Crippen molar-refractivity contribution < 1.29 is 23.7 Å². The second kappa shape index (κ2) is 6.03. The second-order valence-electron chi connectivity index (χ2n) is 3.14. The summed E-state index contributed by atoms with van der Waals surface area (Å²) in [5, 5.41) is 18.9. The Labute approximate surface area is 97.1 Å². The zero-order valence-electron chi connectivity index (χ0n) is 8.25. The van der Waals surface area contributed by atoms with Crippen molar-refractivity contribution in [1.82, 2.24) is 0 Å². The number of halogens is 2. The highest BCUT2D eigenvalue weighted by molar-refractivity contribution is 7.80. The summed E-state index contributed by atoms with van der Waals surface area (Å²) in [5.74, 6) is 0.113. The Morgan fingerprint density at radius 2 is 1.75 bits per heavy atom. The van der Waals surface area contributed by atoms with Crippen LogP contribution in [0.3, 0.4) is 0 Å². The first-order valence-corrected chi connectivity index (χ1v) is 5.19. The highest BCUT2D eigenvalue weighted by atomic mass is 32.1. The van der Waals surface area contributed by atoms with Crippen LogP contribution in [0.25, 0.3) is 0 Å². The molecule has 90 valence electrons. The molecule has 0 aliphatic rings. The molecule has 1 rings (SSSR count). The topological polar surface area (TPSA) is 49.7 Å². The standard InChI is InChI=1S/C10H12F2O3S/c11-10(12)15-7-3-1-6(2-4-7)9(14)8(13)5-16/h1-4,8-10,13-14,16H,5H2. The number of aliphatic hydroxyl groups is 2. The average Bonchev–Trinajstić information content (AvgIpc) is 2.27. The van der Waals surface area contributed by atoms with Crippen molar-refractivity contribution >= 4 is 12.6 Å². The van der Waals surface area contributed by atoms with Crippen LogP contribution in [0.4, 0.5) is 8.78 Å². The van der Waals surface area contributed by atoms with Crippen LogP contribution in [-0.2, 0) is 0 Å². The third-order valence-electron chi connectivity index (χ3n) is 2.00. The molecule has 1 aromatic rings. The van der Waals surface area contributed by atoms with Gasteiger partial charge in [-0.3, -0.25) is 0 Å². The fraction of sp³-hybridized carbons (Fsp3) is 0.400. The summed E-state index contributed by atoms with van der Waals surface area (Å²) in [6, 6.07) is 5.43. The number of alkyl halides is 2. The average molecular weight is 250 g/mol. The summed E-state index contributed by atoms with van der Waals surface area (Å²) in [4.78, 5) is 0. The molecule has 2 atom stereocenters. The Morgan fingerprint density at radius 1 is 1.19 bits per heavy atom. The predicted octanol–water partition coefficient (Wildman–Crippen LogP) is 1.61. The molecule has 0 aliphatic carbocycles. The fourth-order valence-corrected chi connectivity index (χ4v) is 1.37. The minimum atomic E-state index is -2.88. The maximum atomic E-state index is 11.8. The van der Waals surface area contributed by atoms with Gasteiger partial charge in [-0.25, -0.2) is 0 Å². The maximum Gasteiger partial charge on any atom is 0.387 e. The van der Waals surface area contributed by atoms with Gasteiger partial charge in [0.2, 0.25) is 0 Å². The fourth-order valence-electron chi connectivity index (χ4n) is 1.17. The molecule has 0 bridgehead atoms. The molecule has 0 radical (unpaired) electrons. The van der Waals surface area contributed by atoms with Gasteiger partial charge in [0.05, 0.1) is 6.10 Å². The molecule has 0 saturated heterocycles. The first-order valence-electron chi connectivity index (χ1n) is 4.56. The molecule has 2 N–H and O–H groups in total. The van der Waals surface area contributed by atoms with Crippen molar-refractivity contribution in [2.45, 2.75) is 18.8 Å². The summed E-state index contributed by atoms with van der Waals surface area (Å²) in [6.07, 6.45) is -2.08. The van der Waals surface area contributed by atoms with Gasteiger partial charge in [0.1, 0.15) is 11.9 Å². The van der Waals surface area contributed by atoms with Crippen molar-refractivity contribution in [3.8, 4) is 5.75 Å². The summed E-state index contributed by atoms with van der Waals surface area (Å²) in [7, 11) is 0. The van der Waals surface area contributed by atoms with Gasteiger partial charge in [0, 0.05) is 5.75 Å². The van der Waals surface area contributed by atoms with Crippen LogP contribution in [0.5, 0.6) is 5.75 Å².